The van der Waals surface area contributed by atoms with E-state index in [0.29, 0.717) is 12.1 Å². The fourth-order valence-corrected chi connectivity index (χ4v) is 5.13. The molecule has 0 aliphatic carbocycles. The van der Waals surface area contributed by atoms with Gasteiger partial charge in [0.1, 0.15) is 0 Å². The molecule has 3 rings (SSSR count). The molecule has 0 unspecified atom stereocenters. The van der Waals surface area contributed by atoms with Crippen LogP contribution in [0.3, 0.4) is 0 Å². The van der Waals surface area contributed by atoms with Gasteiger partial charge in [0, 0.05) is 12.6 Å². The molecule has 2 N–H and O–H groups in total. The second kappa shape index (κ2) is 9.65. The van der Waals surface area contributed by atoms with Gasteiger partial charge in [0.05, 0.1) is 16.1 Å². The van der Waals surface area contributed by atoms with Crippen molar-refractivity contribution in [3.63, 3.8) is 0 Å². The third-order valence-electron chi connectivity index (χ3n) is 4.77. The molecule has 10 heteroatoms. The predicted molar refractivity (Wildman–Crippen MR) is 118 cm³/mol. The summed E-state index contributed by atoms with van der Waals surface area (Å²) >= 11 is 0. The van der Waals surface area contributed by atoms with Crippen molar-refractivity contribution >= 4 is 33.6 Å². The molecule has 0 saturated carbocycles. The first-order valence-electron chi connectivity index (χ1n) is 9.82. The Balaban J connectivity index is 1.71. The fourth-order valence-electron chi connectivity index (χ4n) is 3.39. The number of para-hydroxylation sites is 1. The summed E-state index contributed by atoms with van der Waals surface area (Å²) < 4.78 is 32.9. The highest BCUT2D eigenvalue weighted by Crippen LogP contribution is 2.36. The van der Waals surface area contributed by atoms with Crippen LogP contribution < -0.4 is 14.9 Å². The van der Waals surface area contributed by atoms with E-state index in [9.17, 15) is 22.8 Å². The van der Waals surface area contributed by atoms with Crippen molar-refractivity contribution in [3.8, 4) is 0 Å². The number of benzene rings is 2. The monoisotopic (exact) mass is 457 g/mol. The summed E-state index contributed by atoms with van der Waals surface area (Å²) in [5.74, 6) is -1.72. The molecule has 1 heterocycles. The van der Waals surface area contributed by atoms with E-state index in [1.54, 1.807) is 12.1 Å². The summed E-state index contributed by atoms with van der Waals surface area (Å²) in [5.41, 5.74) is 1.51. The van der Waals surface area contributed by atoms with Crippen LogP contribution in [0, 0.1) is 0 Å². The Kier molecular flexibility index (Phi) is 6.94. The first-order valence-corrected chi connectivity index (χ1v) is 11.3. The quantitative estimate of drug-likeness (QED) is 0.484. The number of carbonyl (C=O) groups is 3. The summed E-state index contributed by atoms with van der Waals surface area (Å²) in [6, 6.07) is 11.7. The molecule has 2 aromatic rings. The Labute approximate surface area is 186 Å². The zero-order valence-electron chi connectivity index (χ0n) is 17.4. The molecule has 3 amide bonds. The highest BCUT2D eigenvalue weighted by Gasteiger charge is 2.36. The van der Waals surface area contributed by atoms with Crippen LogP contribution in [-0.2, 0) is 26.0 Å². The first kappa shape index (κ1) is 23.0. The van der Waals surface area contributed by atoms with Crippen molar-refractivity contribution < 1.29 is 27.5 Å². The van der Waals surface area contributed by atoms with Crippen molar-refractivity contribution in [2.75, 3.05) is 17.5 Å². The van der Waals surface area contributed by atoms with E-state index in [4.69, 9.17) is 4.74 Å². The van der Waals surface area contributed by atoms with Crippen LogP contribution in [0.25, 0.3) is 0 Å². The average Bonchev–Trinajstić information content (AvgIpc) is 3.12. The van der Waals surface area contributed by atoms with Crippen LogP contribution in [-0.4, -0.2) is 45.5 Å². The van der Waals surface area contributed by atoms with E-state index in [-0.39, 0.29) is 23.0 Å². The van der Waals surface area contributed by atoms with Crippen molar-refractivity contribution in [1.29, 1.82) is 0 Å². The molecular weight excluding hydrogens is 434 g/mol. The molecule has 1 aliphatic heterocycles. The van der Waals surface area contributed by atoms with Crippen LogP contribution in [0.15, 0.2) is 66.1 Å². The lowest BCUT2D eigenvalue weighted by molar-refractivity contribution is -0.123. The molecule has 0 aromatic heterocycles. The van der Waals surface area contributed by atoms with Gasteiger partial charge in [-0.3, -0.25) is 14.4 Å². The number of sulfonamides is 1. The van der Waals surface area contributed by atoms with Gasteiger partial charge in [-0.15, -0.1) is 6.58 Å². The van der Waals surface area contributed by atoms with Crippen molar-refractivity contribution in [3.05, 3.63) is 72.3 Å². The van der Waals surface area contributed by atoms with Gasteiger partial charge in [-0.1, -0.05) is 30.3 Å². The van der Waals surface area contributed by atoms with Crippen molar-refractivity contribution in [2.24, 2.45) is 0 Å². The molecule has 168 valence electrons. The van der Waals surface area contributed by atoms with E-state index >= 15 is 0 Å². The number of rotatable bonds is 7. The SMILES string of the molecule is C=CCNC(=O)NC(=O)COC(=O)c1cccc(S(=O)(=O)N2c3ccccc3C[C@@H]2C)c1. The smallest absolute Gasteiger partial charge is 0.338 e. The summed E-state index contributed by atoms with van der Waals surface area (Å²) in [6.07, 6.45) is 2.03. The first-order chi connectivity index (χ1) is 15.2. The van der Waals surface area contributed by atoms with E-state index in [1.807, 2.05) is 24.4 Å². The summed E-state index contributed by atoms with van der Waals surface area (Å²) in [7, 11) is -3.93. The third kappa shape index (κ3) is 4.97. The molecule has 0 fully saturated rings. The number of hydrogen-bond acceptors (Lipinski definition) is 6. The minimum atomic E-state index is -3.93. The maximum Gasteiger partial charge on any atom is 0.338 e. The molecule has 0 bridgehead atoms. The van der Waals surface area contributed by atoms with Gasteiger partial charge >= 0.3 is 12.0 Å². The maximum atomic E-state index is 13.3. The normalized spacial score (nSPS) is 14.9. The van der Waals surface area contributed by atoms with Crippen molar-refractivity contribution in [1.82, 2.24) is 10.6 Å². The lowest BCUT2D eigenvalue weighted by Gasteiger charge is -2.24. The molecule has 0 saturated heterocycles. The highest BCUT2D eigenvalue weighted by atomic mass is 32.2. The van der Waals surface area contributed by atoms with Crippen LogP contribution in [0.5, 0.6) is 0 Å². The number of nitrogens with one attached hydrogen (secondary N) is 2. The Bertz CT molecular complexity index is 1160. The van der Waals surface area contributed by atoms with Crippen molar-refractivity contribution in [2.45, 2.75) is 24.3 Å². The fraction of sp³-hybridized carbons (Fsp3) is 0.227. The molecule has 32 heavy (non-hydrogen) atoms. The van der Waals surface area contributed by atoms with E-state index in [1.165, 1.54) is 34.6 Å². The van der Waals surface area contributed by atoms with Gasteiger partial charge in [0.25, 0.3) is 15.9 Å². The molecular formula is C22H23N3O6S. The number of amides is 3. The summed E-state index contributed by atoms with van der Waals surface area (Å²) in [4.78, 5) is 35.4. The number of hydrogen-bond donors (Lipinski definition) is 2. The third-order valence-corrected chi connectivity index (χ3v) is 6.69. The van der Waals surface area contributed by atoms with E-state index in [2.05, 4.69) is 11.9 Å². The number of ether oxygens (including phenoxy) is 1. The van der Waals surface area contributed by atoms with Gasteiger partial charge in [0.15, 0.2) is 6.61 Å². The minimum Gasteiger partial charge on any atom is -0.452 e. The zero-order valence-corrected chi connectivity index (χ0v) is 18.2. The molecule has 0 spiro atoms. The Morgan fingerprint density at radius 2 is 1.94 bits per heavy atom. The Hall–Kier alpha value is -3.66. The predicted octanol–water partition coefficient (Wildman–Crippen LogP) is 2.00. The number of imide groups is 1. The van der Waals surface area contributed by atoms with Crippen LogP contribution in [0.2, 0.25) is 0 Å². The zero-order chi connectivity index (χ0) is 23.3. The van der Waals surface area contributed by atoms with Crippen LogP contribution >= 0.6 is 0 Å². The second-order valence-corrected chi connectivity index (χ2v) is 8.95. The average molecular weight is 458 g/mol. The Morgan fingerprint density at radius 1 is 1.19 bits per heavy atom. The van der Waals surface area contributed by atoms with Gasteiger partial charge < -0.3 is 10.1 Å². The van der Waals surface area contributed by atoms with Crippen LogP contribution in [0.1, 0.15) is 22.8 Å². The largest absolute Gasteiger partial charge is 0.452 e. The molecule has 2 aromatic carbocycles. The molecule has 1 aliphatic rings. The number of carbonyl (C=O) groups excluding carboxylic acids is 3. The summed E-state index contributed by atoms with van der Waals surface area (Å²) in [5, 5.41) is 4.34. The lowest BCUT2D eigenvalue weighted by atomic mass is 10.1. The maximum absolute atomic E-state index is 13.3. The molecule has 1 atom stereocenters. The number of esters is 1. The topological polar surface area (TPSA) is 122 Å². The highest BCUT2D eigenvalue weighted by molar-refractivity contribution is 7.92. The number of nitrogens with zero attached hydrogens (tertiary/aromatic N) is 1. The minimum absolute atomic E-state index is 0.0323. The second-order valence-electron chi connectivity index (χ2n) is 7.13. The standard InChI is InChI=1S/C22H23N3O6S/c1-3-11-23-22(28)24-20(26)14-31-21(27)17-8-6-9-18(13-17)32(29,30)25-15(2)12-16-7-4-5-10-19(16)25/h3-10,13,15H,1,11-12,14H2,2H3,(H2,23,24,26,28)/t15-/m0/s1. The Morgan fingerprint density at radius 3 is 2.69 bits per heavy atom. The lowest BCUT2D eigenvalue weighted by Crippen LogP contribution is -2.41. The van der Waals surface area contributed by atoms with Gasteiger partial charge in [-0.2, -0.15) is 0 Å². The van der Waals surface area contributed by atoms with E-state index in [0.717, 1.165) is 5.56 Å². The number of anilines is 1. The van der Waals surface area contributed by atoms with Gasteiger partial charge in [-0.25, -0.2) is 18.0 Å². The molecule has 9 nitrogen and oxygen atoms in total. The number of urea groups is 1. The van der Waals surface area contributed by atoms with E-state index < -0.39 is 34.5 Å². The van der Waals surface area contributed by atoms with Crippen LogP contribution in [0.4, 0.5) is 10.5 Å². The molecule has 0 radical (unpaired) electrons. The summed E-state index contributed by atoms with van der Waals surface area (Å²) in [6.45, 7) is 4.71. The van der Waals surface area contributed by atoms with Gasteiger partial charge in [0.2, 0.25) is 0 Å². The number of fused-ring (bicyclic) bond motifs is 1. The van der Waals surface area contributed by atoms with Gasteiger partial charge in [-0.05, 0) is 43.2 Å².